The molecule has 0 unspecified atom stereocenters. The second kappa shape index (κ2) is 7.42. The number of nitrogens with two attached hydrogens (primary N) is 1. The van der Waals surface area contributed by atoms with Gasteiger partial charge in [-0.2, -0.15) is 0 Å². The minimum Gasteiger partial charge on any atom is -0.339 e. The monoisotopic (exact) mass is 347 g/mol. The molecule has 1 amide bonds. The molecule has 128 valence electrons. The largest absolute Gasteiger partial charge is 0.339 e. The zero-order chi connectivity index (χ0) is 17.1. The molecule has 2 N–H and O–H groups in total. The maximum atomic E-state index is 13.9. The number of hydrogen-bond acceptors (Lipinski definition) is 4. The van der Waals surface area contributed by atoms with Crippen LogP contribution in [0.2, 0.25) is 0 Å². The summed E-state index contributed by atoms with van der Waals surface area (Å²) in [5.74, 6) is -0.165. The molecule has 2 heterocycles. The second-order valence-electron chi connectivity index (χ2n) is 6.14. The highest BCUT2D eigenvalue weighted by molar-refractivity contribution is 7.15. The Hall–Kier alpha value is -1.76. The van der Waals surface area contributed by atoms with Crippen molar-refractivity contribution in [3.05, 3.63) is 47.1 Å². The summed E-state index contributed by atoms with van der Waals surface area (Å²) in [4.78, 5) is 18.2. The van der Waals surface area contributed by atoms with E-state index in [0.29, 0.717) is 18.7 Å². The SMILES string of the molecule is C[C@@H](N)C(=O)N1CCN(Cc2ccc(-c3ccccc3F)s2)CC1. The smallest absolute Gasteiger partial charge is 0.239 e. The summed E-state index contributed by atoms with van der Waals surface area (Å²) in [6, 6.07) is 10.5. The summed E-state index contributed by atoms with van der Waals surface area (Å²) in [6.45, 7) is 5.67. The molecule has 3 rings (SSSR count). The van der Waals surface area contributed by atoms with Crippen LogP contribution in [0, 0.1) is 5.82 Å². The van der Waals surface area contributed by atoms with Gasteiger partial charge in [-0.3, -0.25) is 9.69 Å². The molecule has 4 nitrogen and oxygen atoms in total. The first kappa shape index (κ1) is 17.1. The maximum Gasteiger partial charge on any atom is 0.239 e. The molecule has 24 heavy (non-hydrogen) atoms. The molecule has 1 aromatic heterocycles. The van der Waals surface area contributed by atoms with Crippen molar-refractivity contribution in [2.24, 2.45) is 5.73 Å². The number of thiophene rings is 1. The predicted molar refractivity (Wildman–Crippen MR) is 95.2 cm³/mol. The van der Waals surface area contributed by atoms with Gasteiger partial charge in [0.25, 0.3) is 0 Å². The lowest BCUT2D eigenvalue weighted by Crippen LogP contribution is -2.52. The Morgan fingerprint density at radius 2 is 1.92 bits per heavy atom. The molecule has 0 saturated carbocycles. The first-order valence-electron chi connectivity index (χ1n) is 8.15. The van der Waals surface area contributed by atoms with E-state index in [4.69, 9.17) is 5.73 Å². The van der Waals surface area contributed by atoms with Crippen LogP contribution in [0.1, 0.15) is 11.8 Å². The molecule has 1 atom stereocenters. The van der Waals surface area contributed by atoms with E-state index < -0.39 is 6.04 Å². The summed E-state index contributed by atoms with van der Waals surface area (Å²) in [7, 11) is 0. The number of nitrogens with zero attached hydrogens (tertiary/aromatic N) is 2. The minimum absolute atomic E-state index is 0.0209. The first-order chi connectivity index (χ1) is 11.5. The van der Waals surface area contributed by atoms with Crippen molar-refractivity contribution < 1.29 is 9.18 Å². The highest BCUT2D eigenvalue weighted by Crippen LogP contribution is 2.30. The quantitative estimate of drug-likeness (QED) is 0.925. The first-order valence-corrected chi connectivity index (χ1v) is 8.96. The lowest BCUT2D eigenvalue weighted by atomic mass is 10.2. The predicted octanol–water partition coefficient (Wildman–Crippen LogP) is 2.55. The molecule has 0 aliphatic carbocycles. The molecule has 6 heteroatoms. The number of hydrogen-bond donors (Lipinski definition) is 1. The van der Waals surface area contributed by atoms with E-state index in [2.05, 4.69) is 11.0 Å². The van der Waals surface area contributed by atoms with Crippen molar-refractivity contribution in [1.29, 1.82) is 0 Å². The van der Waals surface area contributed by atoms with Crippen molar-refractivity contribution in [1.82, 2.24) is 9.80 Å². The maximum absolute atomic E-state index is 13.9. The van der Waals surface area contributed by atoms with E-state index in [1.54, 1.807) is 24.3 Å². The highest BCUT2D eigenvalue weighted by atomic mass is 32.1. The molecular weight excluding hydrogens is 325 g/mol. The summed E-state index contributed by atoms with van der Waals surface area (Å²) < 4.78 is 13.9. The lowest BCUT2D eigenvalue weighted by Gasteiger charge is -2.35. The number of halogens is 1. The third-order valence-electron chi connectivity index (χ3n) is 4.25. The Balaban J connectivity index is 1.59. The van der Waals surface area contributed by atoms with Crippen LogP contribution in [0.3, 0.4) is 0 Å². The van der Waals surface area contributed by atoms with E-state index in [9.17, 15) is 9.18 Å². The standard InChI is InChI=1S/C18H22FN3OS/c1-13(20)18(23)22-10-8-21(9-11-22)12-14-6-7-17(24-14)15-4-2-3-5-16(15)19/h2-7,13H,8-12,20H2,1H3/t13-/m1/s1. The third kappa shape index (κ3) is 3.83. The van der Waals surface area contributed by atoms with Crippen molar-refractivity contribution >= 4 is 17.2 Å². The van der Waals surface area contributed by atoms with Crippen LogP contribution in [0.25, 0.3) is 10.4 Å². The van der Waals surface area contributed by atoms with E-state index in [1.807, 2.05) is 23.1 Å². The Bertz CT molecular complexity index is 708. The van der Waals surface area contributed by atoms with Gasteiger partial charge in [0.15, 0.2) is 0 Å². The highest BCUT2D eigenvalue weighted by Gasteiger charge is 2.23. The average molecular weight is 347 g/mol. The normalized spacial score (nSPS) is 17.0. The number of piperazine rings is 1. The number of carbonyl (C=O) groups excluding carboxylic acids is 1. The van der Waals surface area contributed by atoms with Gasteiger partial charge in [-0.1, -0.05) is 18.2 Å². The van der Waals surface area contributed by atoms with Crippen molar-refractivity contribution in [2.45, 2.75) is 19.5 Å². The van der Waals surface area contributed by atoms with Gasteiger partial charge >= 0.3 is 0 Å². The van der Waals surface area contributed by atoms with Gasteiger partial charge in [-0.05, 0) is 25.1 Å². The van der Waals surface area contributed by atoms with Crippen LogP contribution in [-0.4, -0.2) is 47.9 Å². The average Bonchev–Trinajstić information content (AvgIpc) is 3.03. The van der Waals surface area contributed by atoms with Crippen LogP contribution in [0.5, 0.6) is 0 Å². The van der Waals surface area contributed by atoms with Gasteiger partial charge in [0, 0.05) is 48.0 Å². The van der Waals surface area contributed by atoms with Crippen molar-refractivity contribution in [3.8, 4) is 10.4 Å². The minimum atomic E-state index is -0.433. The summed E-state index contributed by atoms with van der Waals surface area (Å²) in [5, 5.41) is 0. The summed E-state index contributed by atoms with van der Waals surface area (Å²) in [6.07, 6.45) is 0. The Morgan fingerprint density at radius 3 is 2.58 bits per heavy atom. The number of amides is 1. The fraction of sp³-hybridized carbons (Fsp3) is 0.389. The van der Waals surface area contributed by atoms with Gasteiger partial charge in [0.2, 0.25) is 5.91 Å². The number of rotatable bonds is 4. The summed E-state index contributed by atoms with van der Waals surface area (Å²) >= 11 is 1.62. The van der Waals surface area contributed by atoms with Gasteiger partial charge < -0.3 is 10.6 Å². The lowest BCUT2D eigenvalue weighted by molar-refractivity contribution is -0.134. The van der Waals surface area contributed by atoms with E-state index in [0.717, 1.165) is 24.5 Å². The third-order valence-corrected chi connectivity index (χ3v) is 5.36. The molecule has 2 aromatic rings. The number of benzene rings is 1. The van der Waals surface area contributed by atoms with E-state index >= 15 is 0 Å². The molecule has 0 spiro atoms. The van der Waals surface area contributed by atoms with Crippen molar-refractivity contribution in [2.75, 3.05) is 26.2 Å². The van der Waals surface area contributed by atoms with Crippen LogP contribution in [0.15, 0.2) is 36.4 Å². The molecular formula is C18H22FN3OS. The molecule has 0 radical (unpaired) electrons. The Morgan fingerprint density at radius 1 is 1.21 bits per heavy atom. The van der Waals surface area contributed by atoms with Crippen LogP contribution in [-0.2, 0) is 11.3 Å². The molecule has 0 bridgehead atoms. The molecule has 1 fully saturated rings. The topological polar surface area (TPSA) is 49.6 Å². The van der Waals surface area contributed by atoms with Crippen LogP contribution in [0.4, 0.5) is 4.39 Å². The van der Waals surface area contributed by atoms with E-state index in [1.165, 1.54) is 10.9 Å². The van der Waals surface area contributed by atoms with Gasteiger partial charge in [-0.15, -0.1) is 11.3 Å². The zero-order valence-corrected chi connectivity index (χ0v) is 14.6. The zero-order valence-electron chi connectivity index (χ0n) is 13.7. The van der Waals surface area contributed by atoms with Crippen molar-refractivity contribution in [3.63, 3.8) is 0 Å². The Labute approximate surface area is 145 Å². The summed E-state index contributed by atoms with van der Waals surface area (Å²) in [5.41, 5.74) is 6.32. The fourth-order valence-electron chi connectivity index (χ4n) is 2.90. The fourth-order valence-corrected chi connectivity index (χ4v) is 3.98. The molecule has 1 aliphatic heterocycles. The van der Waals surface area contributed by atoms with Gasteiger partial charge in [0.05, 0.1) is 6.04 Å². The molecule has 1 aliphatic rings. The molecule has 1 aromatic carbocycles. The van der Waals surface area contributed by atoms with E-state index in [-0.39, 0.29) is 11.7 Å². The second-order valence-corrected chi connectivity index (χ2v) is 7.30. The van der Waals surface area contributed by atoms with Gasteiger partial charge in [0.1, 0.15) is 5.82 Å². The van der Waals surface area contributed by atoms with Crippen LogP contribution < -0.4 is 5.73 Å². The van der Waals surface area contributed by atoms with Crippen LogP contribution >= 0.6 is 11.3 Å². The Kier molecular flexibility index (Phi) is 5.28. The molecule has 1 saturated heterocycles. The number of carbonyl (C=O) groups is 1. The van der Waals surface area contributed by atoms with Gasteiger partial charge in [-0.25, -0.2) is 4.39 Å².